The average molecular weight is 529 g/mol. The van der Waals surface area contributed by atoms with Crippen molar-refractivity contribution in [3.8, 4) is 5.75 Å². The summed E-state index contributed by atoms with van der Waals surface area (Å²) in [5.41, 5.74) is 0.943. The highest BCUT2D eigenvalue weighted by molar-refractivity contribution is 6.31. The van der Waals surface area contributed by atoms with E-state index in [1.54, 1.807) is 56.4 Å². The molecule has 0 bridgehead atoms. The van der Waals surface area contributed by atoms with Gasteiger partial charge >= 0.3 is 0 Å². The summed E-state index contributed by atoms with van der Waals surface area (Å²) in [6.45, 7) is 6.56. The van der Waals surface area contributed by atoms with Crippen LogP contribution in [0.5, 0.6) is 5.75 Å². The Hall–Kier alpha value is -3.56. The maximum Gasteiger partial charge on any atom is 0.273 e. The summed E-state index contributed by atoms with van der Waals surface area (Å²) < 4.78 is 11.0. The van der Waals surface area contributed by atoms with Gasteiger partial charge in [0.25, 0.3) is 11.8 Å². The molecular weight excluding hydrogens is 496 g/mol. The summed E-state index contributed by atoms with van der Waals surface area (Å²) in [6, 6.07) is 13.8. The van der Waals surface area contributed by atoms with Crippen LogP contribution in [0.4, 0.5) is 5.69 Å². The Balaban J connectivity index is 1.60. The highest BCUT2D eigenvalue weighted by atomic mass is 35.5. The van der Waals surface area contributed by atoms with Crippen LogP contribution in [-0.4, -0.2) is 50.6 Å². The van der Waals surface area contributed by atoms with Gasteiger partial charge in [0.1, 0.15) is 17.6 Å². The van der Waals surface area contributed by atoms with Crippen molar-refractivity contribution in [1.29, 1.82) is 0 Å². The molecule has 1 aliphatic heterocycles. The summed E-state index contributed by atoms with van der Waals surface area (Å²) in [5.74, 6) is -0.737. The normalized spacial score (nSPS) is 14.1. The predicted molar refractivity (Wildman–Crippen MR) is 142 cm³/mol. The first-order valence-electron chi connectivity index (χ1n) is 11.9. The Morgan fingerprint density at radius 3 is 2.43 bits per heavy atom. The van der Waals surface area contributed by atoms with Gasteiger partial charge in [-0.15, -0.1) is 0 Å². The lowest BCUT2D eigenvalue weighted by Crippen LogP contribution is -2.40. The minimum atomic E-state index is -0.615. The zero-order valence-corrected chi connectivity index (χ0v) is 22.2. The molecule has 198 valence electrons. The molecule has 4 N–H and O–H groups in total. The highest BCUT2D eigenvalue weighted by Crippen LogP contribution is 2.26. The van der Waals surface area contributed by atoms with E-state index in [0.717, 1.165) is 0 Å². The first kappa shape index (κ1) is 28.0. The van der Waals surface area contributed by atoms with Gasteiger partial charge in [-0.2, -0.15) is 0 Å². The van der Waals surface area contributed by atoms with Gasteiger partial charge in [-0.1, -0.05) is 43.6 Å². The van der Waals surface area contributed by atoms with Gasteiger partial charge in [0.2, 0.25) is 5.91 Å². The molecule has 0 radical (unpaired) electrons. The number of nitrogens with one attached hydrogen (secondary N) is 4. The number of carbonyl (C=O) groups is 3. The molecule has 3 amide bonds. The number of rotatable bonds is 11. The van der Waals surface area contributed by atoms with Crippen LogP contribution in [0.2, 0.25) is 5.02 Å². The minimum Gasteiger partial charge on any atom is -0.485 e. The predicted octanol–water partition coefficient (Wildman–Crippen LogP) is 3.47. The first-order chi connectivity index (χ1) is 17.6. The van der Waals surface area contributed by atoms with Crippen molar-refractivity contribution < 1.29 is 23.9 Å². The second kappa shape index (κ2) is 12.6. The summed E-state index contributed by atoms with van der Waals surface area (Å²) >= 11 is 6.11. The van der Waals surface area contributed by atoms with Crippen LogP contribution in [-0.2, 0) is 14.3 Å². The van der Waals surface area contributed by atoms with Crippen molar-refractivity contribution in [3.63, 3.8) is 0 Å². The number of benzene rings is 2. The maximum atomic E-state index is 13.0. The van der Waals surface area contributed by atoms with E-state index in [1.165, 1.54) is 0 Å². The third-order valence-electron chi connectivity index (χ3n) is 5.73. The van der Waals surface area contributed by atoms with E-state index in [1.807, 2.05) is 19.9 Å². The number of para-hydroxylation sites is 1. The first-order valence-corrected chi connectivity index (χ1v) is 12.3. The number of halogens is 1. The van der Waals surface area contributed by atoms with E-state index < -0.39 is 11.3 Å². The lowest BCUT2D eigenvalue weighted by Gasteiger charge is -2.28. The third-order valence-corrected chi connectivity index (χ3v) is 5.96. The van der Waals surface area contributed by atoms with E-state index in [-0.39, 0.29) is 36.6 Å². The summed E-state index contributed by atoms with van der Waals surface area (Å²) in [5, 5.41) is 11.7. The summed E-state index contributed by atoms with van der Waals surface area (Å²) in [7, 11) is 1.67. The molecule has 0 atom stereocenters. The molecule has 0 aliphatic carbocycles. The maximum absolute atomic E-state index is 13.0. The van der Waals surface area contributed by atoms with Crippen molar-refractivity contribution in [1.82, 2.24) is 16.0 Å². The molecular formula is C27H33ClN4O5. The fraction of sp³-hybridized carbons (Fsp3) is 0.370. The van der Waals surface area contributed by atoms with Crippen LogP contribution in [0.3, 0.4) is 0 Å². The molecule has 0 aromatic heterocycles. The van der Waals surface area contributed by atoms with Gasteiger partial charge in [0, 0.05) is 36.4 Å². The van der Waals surface area contributed by atoms with E-state index in [2.05, 4.69) is 21.3 Å². The number of amides is 3. The fourth-order valence-electron chi connectivity index (χ4n) is 3.50. The molecule has 3 rings (SSSR count). The van der Waals surface area contributed by atoms with Crippen LogP contribution in [0.1, 0.15) is 37.6 Å². The van der Waals surface area contributed by atoms with Crippen molar-refractivity contribution in [2.45, 2.75) is 33.3 Å². The Labute approximate surface area is 221 Å². The van der Waals surface area contributed by atoms with E-state index in [4.69, 9.17) is 21.1 Å². The van der Waals surface area contributed by atoms with Gasteiger partial charge in [-0.3, -0.25) is 14.4 Å². The van der Waals surface area contributed by atoms with Crippen LogP contribution >= 0.6 is 11.6 Å². The van der Waals surface area contributed by atoms with Crippen LogP contribution in [0.25, 0.3) is 0 Å². The topological polar surface area (TPSA) is 118 Å². The molecule has 9 nitrogen and oxygen atoms in total. The quantitative estimate of drug-likeness (QED) is 0.332. The van der Waals surface area contributed by atoms with Gasteiger partial charge in [0.05, 0.1) is 18.8 Å². The molecule has 1 heterocycles. The third kappa shape index (κ3) is 8.23. The van der Waals surface area contributed by atoms with Crippen molar-refractivity contribution in [2.75, 3.05) is 32.1 Å². The Morgan fingerprint density at radius 1 is 1.11 bits per heavy atom. The van der Waals surface area contributed by atoms with Crippen LogP contribution < -0.4 is 26.0 Å². The number of hydrogen-bond donors (Lipinski definition) is 4. The molecule has 10 heteroatoms. The Bertz CT molecular complexity index is 1160. The number of carbonyl (C=O) groups excluding carboxylic acids is 3. The molecule has 1 aliphatic rings. The van der Waals surface area contributed by atoms with Crippen LogP contribution in [0.15, 0.2) is 59.9 Å². The van der Waals surface area contributed by atoms with Gasteiger partial charge in [0.15, 0.2) is 0 Å². The zero-order chi connectivity index (χ0) is 27.0. The summed E-state index contributed by atoms with van der Waals surface area (Å²) in [6.07, 6.45) is -0.0414. The standard InChI is InChI=1S/C27H33ClN4O5/c1-17(29-4)24(26(35)31-19-8-6-5-7-9-19)32-23(33)13-27(2,3)16-30-25(34)21-12-18(28)10-11-22(21)37-20-14-36-15-20/h5-12,20,29H,13-16H2,1-4H3,(H,30,34)(H,31,35)(H,32,33)/b24-17+. The molecule has 0 spiro atoms. The second-order valence-corrected chi connectivity index (χ2v) is 10.00. The zero-order valence-electron chi connectivity index (χ0n) is 21.4. The van der Waals surface area contributed by atoms with E-state index in [9.17, 15) is 14.4 Å². The summed E-state index contributed by atoms with van der Waals surface area (Å²) in [4.78, 5) is 38.7. The molecule has 1 fully saturated rings. The lowest BCUT2D eigenvalue weighted by molar-refractivity contribution is -0.124. The smallest absolute Gasteiger partial charge is 0.273 e. The number of ether oxygens (including phenoxy) is 2. The van der Waals surface area contributed by atoms with Crippen LogP contribution in [0, 0.1) is 5.41 Å². The fourth-order valence-corrected chi connectivity index (χ4v) is 3.67. The Kier molecular flexibility index (Phi) is 9.54. The lowest BCUT2D eigenvalue weighted by atomic mass is 9.88. The van der Waals surface area contributed by atoms with Crippen molar-refractivity contribution in [2.24, 2.45) is 5.41 Å². The highest BCUT2D eigenvalue weighted by Gasteiger charge is 2.27. The molecule has 1 saturated heterocycles. The minimum absolute atomic E-state index is 0.0602. The number of allylic oxidation sites excluding steroid dienone is 1. The van der Waals surface area contributed by atoms with Gasteiger partial charge < -0.3 is 30.7 Å². The van der Waals surface area contributed by atoms with E-state index >= 15 is 0 Å². The molecule has 0 unspecified atom stereocenters. The molecule has 2 aromatic rings. The van der Waals surface area contributed by atoms with E-state index in [0.29, 0.717) is 40.9 Å². The number of anilines is 1. The molecule has 2 aromatic carbocycles. The van der Waals surface area contributed by atoms with Crippen molar-refractivity contribution in [3.05, 3.63) is 70.5 Å². The molecule has 37 heavy (non-hydrogen) atoms. The second-order valence-electron chi connectivity index (χ2n) is 9.56. The SMILES string of the molecule is CN/C(C)=C(/NC(=O)CC(C)(C)CNC(=O)c1cc(Cl)ccc1OC1COC1)C(=O)Nc1ccccc1. The Morgan fingerprint density at radius 2 is 1.81 bits per heavy atom. The number of hydrogen-bond acceptors (Lipinski definition) is 6. The van der Waals surface area contributed by atoms with Crippen molar-refractivity contribution >= 4 is 35.0 Å². The van der Waals surface area contributed by atoms with Gasteiger partial charge in [-0.05, 0) is 42.7 Å². The monoisotopic (exact) mass is 528 g/mol. The molecule has 0 saturated carbocycles. The average Bonchev–Trinajstić information content (AvgIpc) is 2.83. The largest absolute Gasteiger partial charge is 0.485 e. The van der Waals surface area contributed by atoms with Gasteiger partial charge in [-0.25, -0.2) is 0 Å².